The fourth-order valence-electron chi connectivity index (χ4n) is 3.90. The van der Waals surface area contributed by atoms with Crippen LogP contribution in [0.25, 0.3) is 23.1 Å². The van der Waals surface area contributed by atoms with Gasteiger partial charge in [-0.3, -0.25) is 0 Å². The van der Waals surface area contributed by atoms with Crippen molar-refractivity contribution in [3.63, 3.8) is 0 Å². The third kappa shape index (κ3) is 5.64. The number of fused-ring (bicyclic) bond motifs is 1. The Morgan fingerprint density at radius 3 is 2.50 bits per heavy atom. The van der Waals surface area contributed by atoms with Gasteiger partial charge in [-0.1, -0.05) is 78.3 Å². The quantitative estimate of drug-likeness (QED) is 0.323. The van der Waals surface area contributed by atoms with Crippen molar-refractivity contribution >= 4 is 34.7 Å². The molecule has 1 N–H and O–H groups in total. The molecule has 0 aliphatic rings. The fourth-order valence-corrected chi connectivity index (χ4v) is 4.07. The van der Waals surface area contributed by atoms with Gasteiger partial charge in [0.2, 0.25) is 0 Å². The van der Waals surface area contributed by atoms with Gasteiger partial charge in [0.25, 0.3) is 0 Å². The third-order valence-corrected chi connectivity index (χ3v) is 5.74. The molecule has 1 heterocycles. The van der Waals surface area contributed by atoms with E-state index in [9.17, 15) is 5.11 Å². The van der Waals surface area contributed by atoms with Crippen LogP contribution < -0.4 is 0 Å². The van der Waals surface area contributed by atoms with Crippen molar-refractivity contribution in [2.75, 3.05) is 0 Å². The second kappa shape index (κ2) is 9.68. The maximum Gasteiger partial charge on any atom is 0.0843 e. The minimum absolute atomic E-state index is 0.694. The molecule has 0 amide bonds. The lowest BCUT2D eigenvalue weighted by Crippen LogP contribution is -2.17. The van der Waals surface area contributed by atoms with E-state index in [1.54, 1.807) is 0 Å². The molecule has 0 bridgehead atoms. The van der Waals surface area contributed by atoms with E-state index in [4.69, 9.17) is 11.6 Å². The maximum atomic E-state index is 10.4. The van der Waals surface area contributed by atoms with Crippen LogP contribution in [0.1, 0.15) is 48.2 Å². The topological polar surface area (TPSA) is 33.1 Å². The van der Waals surface area contributed by atoms with Crippen LogP contribution in [0.2, 0.25) is 5.02 Å². The molecule has 4 rings (SSSR count). The average molecular weight is 441 g/mol. The van der Waals surface area contributed by atoms with Gasteiger partial charge in [0.1, 0.15) is 0 Å². The monoisotopic (exact) mass is 440 g/mol. The first-order chi connectivity index (χ1) is 15.4. The Kier molecular flexibility index (Phi) is 6.74. The van der Waals surface area contributed by atoms with Gasteiger partial charge in [-0.15, -0.1) is 0 Å². The zero-order valence-electron chi connectivity index (χ0n) is 18.4. The van der Waals surface area contributed by atoms with E-state index in [1.807, 2.05) is 62.4 Å². The molecule has 1 aromatic heterocycles. The van der Waals surface area contributed by atoms with Crippen LogP contribution >= 0.6 is 11.6 Å². The van der Waals surface area contributed by atoms with Crippen molar-refractivity contribution in [3.05, 3.63) is 118 Å². The van der Waals surface area contributed by atoms with Gasteiger partial charge in [0.15, 0.2) is 0 Å². The molecular weight excluding hydrogens is 414 g/mol. The smallest absolute Gasteiger partial charge is 0.0843 e. The molecule has 2 nitrogen and oxygen atoms in total. The standard InChI is InChI=1S/C29H27ClNO/c1-29(2,32)27-12-4-3-10-23(27)11-6-9-21-7-5-8-22(19-21)13-17-26-18-15-24-14-16-25(30)20-28(24)31-26/h3-5,7-10,12-20,32H,6,11H2,1-2H3/b17-13+. The number of rotatable bonds is 7. The Balaban J connectivity index is 1.42. The van der Waals surface area contributed by atoms with Crippen LogP contribution in [0, 0.1) is 6.42 Å². The summed E-state index contributed by atoms with van der Waals surface area (Å²) in [4.78, 5) is 4.69. The predicted molar refractivity (Wildman–Crippen MR) is 136 cm³/mol. The van der Waals surface area contributed by atoms with Crippen molar-refractivity contribution < 1.29 is 5.11 Å². The highest BCUT2D eigenvalue weighted by Gasteiger charge is 2.18. The normalized spacial score (nSPS) is 12.0. The number of halogens is 1. The Morgan fingerprint density at radius 1 is 0.875 bits per heavy atom. The van der Waals surface area contributed by atoms with E-state index in [0.29, 0.717) is 5.02 Å². The average Bonchev–Trinajstić information content (AvgIpc) is 2.77. The number of nitrogens with zero attached hydrogens (tertiary/aromatic N) is 1. The van der Waals surface area contributed by atoms with Crippen LogP contribution in [0.4, 0.5) is 0 Å². The van der Waals surface area contributed by atoms with Gasteiger partial charge in [-0.2, -0.15) is 0 Å². The molecule has 3 aromatic carbocycles. The molecule has 3 heteroatoms. The molecule has 0 aliphatic heterocycles. The molecule has 161 valence electrons. The van der Waals surface area contributed by atoms with Crippen molar-refractivity contribution in [3.8, 4) is 0 Å². The summed E-state index contributed by atoms with van der Waals surface area (Å²) in [6.45, 7) is 3.68. The van der Waals surface area contributed by atoms with Crippen molar-refractivity contribution in [2.24, 2.45) is 0 Å². The second-order valence-corrected chi connectivity index (χ2v) is 8.97. The number of hydrogen-bond acceptors (Lipinski definition) is 2. The highest BCUT2D eigenvalue weighted by molar-refractivity contribution is 6.31. The SMILES string of the molecule is CC(C)(O)c1ccccc1CC[CH]c1cccc(/C=C/c2ccc3ccc(Cl)cc3n2)c1. The molecule has 32 heavy (non-hydrogen) atoms. The Morgan fingerprint density at radius 2 is 1.66 bits per heavy atom. The number of aromatic nitrogens is 1. The summed E-state index contributed by atoms with van der Waals surface area (Å²) in [5, 5.41) is 12.2. The lowest BCUT2D eigenvalue weighted by Gasteiger charge is -2.21. The molecule has 1 radical (unpaired) electrons. The molecule has 4 aromatic rings. The Hall–Kier alpha value is -2.94. The first-order valence-electron chi connectivity index (χ1n) is 10.9. The van der Waals surface area contributed by atoms with E-state index in [2.05, 4.69) is 53.9 Å². The van der Waals surface area contributed by atoms with E-state index < -0.39 is 5.60 Å². The van der Waals surface area contributed by atoms with Gasteiger partial charge in [-0.05, 0) is 79.6 Å². The van der Waals surface area contributed by atoms with E-state index in [0.717, 1.165) is 40.6 Å². The molecule has 0 aliphatic carbocycles. The zero-order valence-corrected chi connectivity index (χ0v) is 19.2. The number of pyridine rings is 1. The zero-order chi connectivity index (χ0) is 22.6. The lowest BCUT2D eigenvalue weighted by molar-refractivity contribution is 0.0776. The first-order valence-corrected chi connectivity index (χ1v) is 11.2. The van der Waals surface area contributed by atoms with E-state index in [1.165, 1.54) is 11.1 Å². The molecule has 0 atom stereocenters. The highest BCUT2D eigenvalue weighted by Crippen LogP contribution is 2.25. The number of aryl methyl sites for hydroxylation is 1. The summed E-state index contributed by atoms with van der Waals surface area (Å²) in [7, 11) is 0. The largest absolute Gasteiger partial charge is 0.386 e. The van der Waals surface area contributed by atoms with Crippen LogP contribution in [0.15, 0.2) is 78.9 Å². The predicted octanol–water partition coefficient (Wildman–Crippen LogP) is 7.47. The molecule has 0 unspecified atom stereocenters. The highest BCUT2D eigenvalue weighted by atomic mass is 35.5. The molecule has 0 saturated heterocycles. The third-order valence-electron chi connectivity index (χ3n) is 5.50. The van der Waals surface area contributed by atoms with Gasteiger partial charge in [0, 0.05) is 10.4 Å². The van der Waals surface area contributed by atoms with Crippen LogP contribution in [0.3, 0.4) is 0 Å². The maximum absolute atomic E-state index is 10.4. The van der Waals surface area contributed by atoms with Gasteiger partial charge in [-0.25, -0.2) is 4.98 Å². The van der Waals surface area contributed by atoms with Crippen molar-refractivity contribution in [1.29, 1.82) is 0 Å². The van der Waals surface area contributed by atoms with Crippen LogP contribution in [-0.2, 0) is 12.0 Å². The van der Waals surface area contributed by atoms with Gasteiger partial charge >= 0.3 is 0 Å². The Labute approximate surface area is 195 Å². The summed E-state index contributed by atoms with van der Waals surface area (Å²) < 4.78 is 0. The molecular formula is C29H27ClNO. The molecule has 0 spiro atoms. The van der Waals surface area contributed by atoms with Gasteiger partial charge in [0.05, 0.1) is 16.8 Å². The van der Waals surface area contributed by atoms with Crippen LogP contribution in [-0.4, -0.2) is 10.1 Å². The summed E-state index contributed by atoms with van der Waals surface area (Å²) in [6.07, 6.45) is 8.16. The number of aliphatic hydroxyl groups is 1. The summed E-state index contributed by atoms with van der Waals surface area (Å²) in [5.74, 6) is 0. The summed E-state index contributed by atoms with van der Waals surface area (Å²) >= 11 is 6.10. The van der Waals surface area contributed by atoms with Crippen molar-refractivity contribution in [1.82, 2.24) is 4.98 Å². The summed E-state index contributed by atoms with van der Waals surface area (Å²) in [6, 6.07) is 26.4. The van der Waals surface area contributed by atoms with Gasteiger partial charge < -0.3 is 5.11 Å². The Bertz CT molecular complexity index is 1250. The van der Waals surface area contributed by atoms with Crippen LogP contribution in [0.5, 0.6) is 0 Å². The summed E-state index contributed by atoms with van der Waals surface area (Å²) in [5.41, 5.74) is 5.47. The molecule has 0 saturated carbocycles. The van der Waals surface area contributed by atoms with Crippen molar-refractivity contribution in [2.45, 2.75) is 32.3 Å². The molecule has 0 fully saturated rings. The first kappa shape index (κ1) is 22.3. The number of benzene rings is 3. The number of hydrogen-bond donors (Lipinski definition) is 1. The fraction of sp³-hybridized carbons (Fsp3) is 0.172. The minimum atomic E-state index is -0.830. The minimum Gasteiger partial charge on any atom is -0.386 e. The lowest BCUT2D eigenvalue weighted by atomic mass is 9.90. The second-order valence-electron chi connectivity index (χ2n) is 8.54. The van der Waals surface area contributed by atoms with E-state index in [-0.39, 0.29) is 0 Å². The van der Waals surface area contributed by atoms with E-state index >= 15 is 0 Å².